The maximum atomic E-state index is 11.5. The summed E-state index contributed by atoms with van der Waals surface area (Å²) in [6, 6.07) is 0. The van der Waals surface area contributed by atoms with Crippen LogP contribution < -0.4 is 0 Å². The van der Waals surface area contributed by atoms with Crippen molar-refractivity contribution in [3.05, 3.63) is 0 Å². The Bertz CT molecular complexity index is 193. The predicted octanol–water partition coefficient (Wildman–Crippen LogP) is 2.81. The molecular formula is C11H20BrNO. The van der Waals surface area contributed by atoms with E-state index in [-0.39, 0.29) is 0 Å². The van der Waals surface area contributed by atoms with Gasteiger partial charge in [-0.25, -0.2) is 0 Å². The Hall–Kier alpha value is -0.0500. The third-order valence-electron chi connectivity index (χ3n) is 3.48. The summed E-state index contributed by atoms with van der Waals surface area (Å²) in [6.07, 6.45) is 4.08. The molecule has 1 aliphatic rings. The first-order valence-electron chi connectivity index (χ1n) is 5.51. The minimum atomic E-state index is 0.292. The highest BCUT2D eigenvalue weighted by atomic mass is 79.9. The maximum absolute atomic E-state index is 11.5. The number of carbonyl (C=O) groups is 1. The van der Waals surface area contributed by atoms with Crippen LogP contribution in [0, 0.1) is 5.41 Å². The summed E-state index contributed by atoms with van der Waals surface area (Å²) in [5, 5.41) is 0.997. The Morgan fingerprint density at radius 3 is 2.43 bits per heavy atom. The molecule has 2 nitrogen and oxygen atoms in total. The van der Waals surface area contributed by atoms with Gasteiger partial charge in [-0.3, -0.25) is 4.79 Å². The van der Waals surface area contributed by atoms with E-state index in [0.717, 1.165) is 44.1 Å². The molecule has 0 aromatic rings. The van der Waals surface area contributed by atoms with Gasteiger partial charge in [0.2, 0.25) is 5.91 Å². The highest BCUT2D eigenvalue weighted by Crippen LogP contribution is 2.31. The zero-order valence-electron chi connectivity index (χ0n) is 9.18. The summed E-state index contributed by atoms with van der Waals surface area (Å²) in [4.78, 5) is 13.5. The van der Waals surface area contributed by atoms with Crippen LogP contribution in [0.5, 0.6) is 0 Å². The quantitative estimate of drug-likeness (QED) is 0.698. The van der Waals surface area contributed by atoms with Crippen molar-refractivity contribution in [3.63, 3.8) is 0 Å². The average molecular weight is 262 g/mol. The first kappa shape index (κ1) is 12.0. The number of nitrogens with zero attached hydrogens (tertiary/aromatic N) is 1. The van der Waals surface area contributed by atoms with E-state index in [1.165, 1.54) is 0 Å². The van der Waals surface area contributed by atoms with Crippen LogP contribution >= 0.6 is 15.9 Å². The van der Waals surface area contributed by atoms with Crippen molar-refractivity contribution in [2.45, 2.75) is 39.5 Å². The average Bonchev–Trinajstić information content (AvgIpc) is 2.61. The van der Waals surface area contributed by atoms with E-state index in [4.69, 9.17) is 0 Å². The fourth-order valence-electron chi connectivity index (χ4n) is 1.98. The molecule has 0 atom stereocenters. The van der Waals surface area contributed by atoms with Crippen molar-refractivity contribution >= 4 is 21.8 Å². The predicted molar refractivity (Wildman–Crippen MR) is 62.6 cm³/mol. The Labute approximate surface area is 95.2 Å². The normalized spacial score (nSPS) is 17.9. The number of likely N-dealkylation sites (tertiary alicyclic amines) is 1. The van der Waals surface area contributed by atoms with Gasteiger partial charge in [0.25, 0.3) is 0 Å². The molecule has 0 aromatic carbocycles. The molecule has 0 unspecified atom stereocenters. The zero-order chi connectivity index (χ0) is 10.6. The van der Waals surface area contributed by atoms with Gasteiger partial charge >= 0.3 is 0 Å². The summed E-state index contributed by atoms with van der Waals surface area (Å²) < 4.78 is 0. The van der Waals surface area contributed by atoms with Crippen molar-refractivity contribution in [2.75, 3.05) is 18.4 Å². The lowest BCUT2D eigenvalue weighted by molar-refractivity contribution is -0.129. The van der Waals surface area contributed by atoms with Crippen LogP contribution in [0.4, 0.5) is 0 Å². The molecular weight excluding hydrogens is 242 g/mol. The molecule has 3 heteroatoms. The van der Waals surface area contributed by atoms with Crippen molar-refractivity contribution in [1.29, 1.82) is 0 Å². The van der Waals surface area contributed by atoms with Gasteiger partial charge in [-0.2, -0.15) is 0 Å². The van der Waals surface area contributed by atoms with Crippen molar-refractivity contribution < 1.29 is 4.79 Å². The minimum Gasteiger partial charge on any atom is -0.342 e. The van der Waals surface area contributed by atoms with Gasteiger partial charge in [-0.15, -0.1) is 0 Å². The number of halogens is 1. The highest BCUT2D eigenvalue weighted by molar-refractivity contribution is 9.09. The zero-order valence-corrected chi connectivity index (χ0v) is 10.8. The van der Waals surface area contributed by atoms with E-state index in [1.54, 1.807) is 0 Å². The summed E-state index contributed by atoms with van der Waals surface area (Å²) in [7, 11) is 0. The highest BCUT2D eigenvalue weighted by Gasteiger charge is 2.31. The summed E-state index contributed by atoms with van der Waals surface area (Å²) in [5.74, 6) is 0.345. The molecule has 0 aromatic heterocycles. The van der Waals surface area contributed by atoms with Crippen LogP contribution in [0.25, 0.3) is 0 Å². The second-order valence-corrected chi connectivity index (χ2v) is 4.82. The third kappa shape index (κ3) is 2.50. The first-order chi connectivity index (χ1) is 6.67. The molecule has 0 radical (unpaired) electrons. The fourth-order valence-corrected chi connectivity index (χ4v) is 2.95. The lowest BCUT2D eigenvalue weighted by atomic mass is 9.84. The molecule has 1 saturated heterocycles. The second kappa shape index (κ2) is 5.15. The lowest BCUT2D eigenvalue weighted by Crippen LogP contribution is -2.39. The van der Waals surface area contributed by atoms with Crippen molar-refractivity contribution in [1.82, 2.24) is 4.90 Å². The van der Waals surface area contributed by atoms with Gasteiger partial charge in [0.15, 0.2) is 0 Å². The van der Waals surface area contributed by atoms with Crippen LogP contribution in [0.15, 0.2) is 0 Å². The number of rotatable bonds is 5. The topological polar surface area (TPSA) is 20.3 Å². The van der Waals surface area contributed by atoms with Gasteiger partial charge in [-0.1, -0.05) is 29.8 Å². The summed E-state index contributed by atoms with van der Waals surface area (Å²) >= 11 is 3.58. The fraction of sp³-hybridized carbons (Fsp3) is 0.909. The standard InChI is InChI=1S/C11H20BrNO/c1-3-11(4-2,8-12)9-13-7-5-6-10(13)14/h3-9H2,1-2H3. The molecule has 0 bridgehead atoms. The Morgan fingerprint density at radius 1 is 1.43 bits per heavy atom. The van der Waals surface area contributed by atoms with Gasteiger partial charge in [0, 0.05) is 24.8 Å². The second-order valence-electron chi connectivity index (χ2n) is 4.26. The number of hydrogen-bond donors (Lipinski definition) is 0. The van der Waals surface area contributed by atoms with E-state index in [2.05, 4.69) is 29.8 Å². The smallest absolute Gasteiger partial charge is 0.222 e. The lowest BCUT2D eigenvalue weighted by Gasteiger charge is -2.34. The number of hydrogen-bond acceptors (Lipinski definition) is 1. The van der Waals surface area contributed by atoms with Crippen LogP contribution in [0.3, 0.4) is 0 Å². The molecule has 0 spiro atoms. The molecule has 14 heavy (non-hydrogen) atoms. The van der Waals surface area contributed by atoms with E-state index in [1.807, 2.05) is 4.90 Å². The number of alkyl halides is 1. The third-order valence-corrected chi connectivity index (χ3v) is 4.67. The minimum absolute atomic E-state index is 0.292. The molecule has 0 saturated carbocycles. The number of amides is 1. The van der Waals surface area contributed by atoms with Gasteiger partial charge in [-0.05, 0) is 24.7 Å². The van der Waals surface area contributed by atoms with E-state index in [9.17, 15) is 4.79 Å². The van der Waals surface area contributed by atoms with Crippen LogP contribution in [-0.4, -0.2) is 29.2 Å². The van der Waals surface area contributed by atoms with E-state index >= 15 is 0 Å². The van der Waals surface area contributed by atoms with Crippen LogP contribution in [-0.2, 0) is 4.79 Å². The van der Waals surface area contributed by atoms with Crippen molar-refractivity contribution in [3.8, 4) is 0 Å². The molecule has 1 amide bonds. The van der Waals surface area contributed by atoms with Gasteiger partial charge in [0.05, 0.1) is 0 Å². The monoisotopic (exact) mass is 261 g/mol. The Morgan fingerprint density at radius 2 is 2.07 bits per heavy atom. The van der Waals surface area contributed by atoms with E-state index < -0.39 is 0 Å². The maximum Gasteiger partial charge on any atom is 0.222 e. The van der Waals surface area contributed by atoms with Crippen molar-refractivity contribution in [2.24, 2.45) is 5.41 Å². The Kier molecular flexibility index (Phi) is 4.42. The summed E-state index contributed by atoms with van der Waals surface area (Å²) in [6.45, 7) is 6.33. The van der Waals surface area contributed by atoms with Crippen LogP contribution in [0.2, 0.25) is 0 Å². The molecule has 82 valence electrons. The molecule has 0 aliphatic carbocycles. The summed E-state index contributed by atoms with van der Waals surface area (Å²) in [5.41, 5.74) is 0.292. The SMILES string of the molecule is CCC(CC)(CBr)CN1CCCC1=O. The van der Waals surface area contributed by atoms with Gasteiger partial charge < -0.3 is 4.90 Å². The van der Waals surface area contributed by atoms with E-state index in [0.29, 0.717) is 11.3 Å². The Balaban J connectivity index is 2.58. The molecule has 1 fully saturated rings. The first-order valence-corrected chi connectivity index (χ1v) is 6.63. The van der Waals surface area contributed by atoms with Gasteiger partial charge in [0.1, 0.15) is 0 Å². The number of carbonyl (C=O) groups excluding carboxylic acids is 1. The molecule has 0 N–H and O–H groups in total. The molecule has 1 aliphatic heterocycles. The van der Waals surface area contributed by atoms with Crippen LogP contribution in [0.1, 0.15) is 39.5 Å². The molecule has 1 heterocycles. The molecule has 1 rings (SSSR count). The largest absolute Gasteiger partial charge is 0.342 e.